The number of nitrogen functional groups attached to an aromatic ring is 1. The van der Waals surface area contributed by atoms with Crippen molar-refractivity contribution in [3.63, 3.8) is 0 Å². The van der Waals surface area contributed by atoms with Crippen molar-refractivity contribution in [2.45, 2.75) is 13.3 Å². The second kappa shape index (κ2) is 3.49. The molecule has 0 saturated carbocycles. The SMILES string of the molecule is CCc1c(N)noc1-c1coc(Br)c1. The molecule has 0 unspecified atom stereocenters. The molecule has 2 heterocycles. The summed E-state index contributed by atoms with van der Waals surface area (Å²) in [7, 11) is 0. The molecule has 2 rings (SSSR count). The van der Waals surface area contributed by atoms with Crippen molar-refractivity contribution in [2.75, 3.05) is 5.73 Å². The number of anilines is 1. The van der Waals surface area contributed by atoms with Crippen molar-refractivity contribution >= 4 is 21.7 Å². The molecule has 14 heavy (non-hydrogen) atoms. The second-order valence-electron chi connectivity index (χ2n) is 2.87. The molecule has 74 valence electrons. The summed E-state index contributed by atoms with van der Waals surface area (Å²) >= 11 is 3.22. The van der Waals surface area contributed by atoms with Gasteiger partial charge < -0.3 is 14.7 Å². The van der Waals surface area contributed by atoms with Gasteiger partial charge in [-0.25, -0.2) is 0 Å². The number of hydrogen-bond donors (Lipinski definition) is 1. The molecule has 0 atom stereocenters. The maximum absolute atomic E-state index is 5.65. The van der Waals surface area contributed by atoms with Gasteiger partial charge in [0, 0.05) is 11.6 Å². The first-order chi connectivity index (χ1) is 6.72. The molecular formula is C9H9BrN2O2. The van der Waals surface area contributed by atoms with Crippen LogP contribution in [-0.2, 0) is 6.42 Å². The van der Waals surface area contributed by atoms with Crippen molar-refractivity contribution in [1.29, 1.82) is 0 Å². The summed E-state index contributed by atoms with van der Waals surface area (Å²) in [6.07, 6.45) is 2.39. The zero-order valence-electron chi connectivity index (χ0n) is 7.58. The van der Waals surface area contributed by atoms with Crippen molar-refractivity contribution in [3.8, 4) is 11.3 Å². The minimum atomic E-state index is 0.444. The largest absolute Gasteiger partial charge is 0.457 e. The van der Waals surface area contributed by atoms with E-state index in [0.717, 1.165) is 17.5 Å². The summed E-state index contributed by atoms with van der Waals surface area (Å²) in [6.45, 7) is 2.00. The van der Waals surface area contributed by atoms with E-state index in [4.69, 9.17) is 14.7 Å². The Morgan fingerprint density at radius 3 is 2.93 bits per heavy atom. The van der Waals surface area contributed by atoms with Gasteiger partial charge in [0.05, 0.1) is 5.56 Å². The fourth-order valence-electron chi connectivity index (χ4n) is 1.32. The van der Waals surface area contributed by atoms with Crippen LogP contribution in [0.3, 0.4) is 0 Å². The third-order valence-corrected chi connectivity index (χ3v) is 2.42. The fraction of sp³-hybridized carbons (Fsp3) is 0.222. The smallest absolute Gasteiger partial charge is 0.175 e. The van der Waals surface area contributed by atoms with Crippen molar-refractivity contribution in [1.82, 2.24) is 5.16 Å². The third-order valence-electron chi connectivity index (χ3n) is 2.00. The minimum absolute atomic E-state index is 0.444. The standard InChI is InChI=1S/C9H9BrN2O2/c1-2-6-8(14-12-9(6)11)5-3-7(10)13-4-5/h3-4H,2H2,1H3,(H2,11,12). The van der Waals surface area contributed by atoms with Crippen molar-refractivity contribution in [3.05, 3.63) is 22.6 Å². The summed E-state index contributed by atoms with van der Waals surface area (Å²) in [5.41, 5.74) is 7.41. The van der Waals surface area contributed by atoms with E-state index < -0.39 is 0 Å². The molecule has 0 fully saturated rings. The summed E-state index contributed by atoms with van der Waals surface area (Å²) in [5.74, 6) is 1.12. The van der Waals surface area contributed by atoms with Gasteiger partial charge in [0.25, 0.3) is 0 Å². The molecule has 2 aromatic rings. The van der Waals surface area contributed by atoms with E-state index in [-0.39, 0.29) is 0 Å². The molecule has 0 bridgehead atoms. The Hall–Kier alpha value is -1.23. The lowest BCUT2D eigenvalue weighted by molar-refractivity contribution is 0.434. The molecule has 0 spiro atoms. The maximum atomic E-state index is 5.65. The van der Waals surface area contributed by atoms with E-state index in [0.29, 0.717) is 16.2 Å². The Kier molecular flexibility index (Phi) is 2.33. The Labute approximate surface area is 89.2 Å². The zero-order valence-corrected chi connectivity index (χ0v) is 9.17. The zero-order chi connectivity index (χ0) is 10.1. The second-order valence-corrected chi connectivity index (χ2v) is 3.65. The lowest BCUT2D eigenvalue weighted by Crippen LogP contribution is -1.90. The summed E-state index contributed by atoms with van der Waals surface area (Å²) in [4.78, 5) is 0. The van der Waals surface area contributed by atoms with E-state index >= 15 is 0 Å². The average Bonchev–Trinajstić information content (AvgIpc) is 2.71. The van der Waals surface area contributed by atoms with E-state index in [1.54, 1.807) is 6.26 Å². The number of aromatic nitrogens is 1. The molecule has 2 N–H and O–H groups in total. The molecular weight excluding hydrogens is 248 g/mol. The van der Waals surface area contributed by atoms with Gasteiger partial charge in [-0.2, -0.15) is 0 Å². The van der Waals surface area contributed by atoms with Crippen LogP contribution in [0.1, 0.15) is 12.5 Å². The van der Waals surface area contributed by atoms with Gasteiger partial charge in [-0.05, 0) is 22.4 Å². The van der Waals surface area contributed by atoms with E-state index in [1.807, 2.05) is 13.0 Å². The number of furan rings is 1. The average molecular weight is 257 g/mol. The number of nitrogens with two attached hydrogens (primary N) is 1. The molecule has 0 aromatic carbocycles. The lowest BCUT2D eigenvalue weighted by atomic mass is 10.1. The van der Waals surface area contributed by atoms with Crippen LogP contribution in [0, 0.1) is 0 Å². The van der Waals surface area contributed by atoms with Crippen LogP contribution >= 0.6 is 15.9 Å². The molecule has 0 amide bonds. The Morgan fingerprint density at radius 1 is 1.57 bits per heavy atom. The van der Waals surface area contributed by atoms with Crippen LogP contribution in [-0.4, -0.2) is 5.16 Å². The van der Waals surface area contributed by atoms with Gasteiger partial charge in [0.2, 0.25) is 0 Å². The van der Waals surface area contributed by atoms with Crippen LogP contribution < -0.4 is 5.73 Å². The Bertz CT molecular complexity index is 447. The van der Waals surface area contributed by atoms with Crippen LogP contribution in [0.2, 0.25) is 0 Å². The highest BCUT2D eigenvalue weighted by Crippen LogP contribution is 2.30. The van der Waals surface area contributed by atoms with Gasteiger partial charge in [-0.15, -0.1) is 0 Å². The number of nitrogens with zero attached hydrogens (tertiary/aromatic N) is 1. The van der Waals surface area contributed by atoms with Crippen LogP contribution in [0.4, 0.5) is 5.82 Å². The highest BCUT2D eigenvalue weighted by molar-refractivity contribution is 9.10. The first kappa shape index (κ1) is 9.33. The number of halogens is 1. The molecule has 0 aliphatic carbocycles. The lowest BCUT2D eigenvalue weighted by Gasteiger charge is -1.93. The van der Waals surface area contributed by atoms with Gasteiger partial charge in [-0.1, -0.05) is 12.1 Å². The maximum Gasteiger partial charge on any atom is 0.175 e. The molecule has 0 aliphatic rings. The molecule has 4 nitrogen and oxygen atoms in total. The highest BCUT2D eigenvalue weighted by Gasteiger charge is 2.15. The molecule has 2 aromatic heterocycles. The first-order valence-corrected chi connectivity index (χ1v) is 5.00. The van der Waals surface area contributed by atoms with E-state index in [2.05, 4.69) is 21.1 Å². The summed E-state index contributed by atoms with van der Waals surface area (Å²) in [5, 5.41) is 3.72. The fourth-order valence-corrected chi connectivity index (χ4v) is 1.66. The van der Waals surface area contributed by atoms with Gasteiger partial charge >= 0.3 is 0 Å². The number of rotatable bonds is 2. The highest BCUT2D eigenvalue weighted by atomic mass is 79.9. The number of hydrogen-bond acceptors (Lipinski definition) is 4. The topological polar surface area (TPSA) is 65.2 Å². The van der Waals surface area contributed by atoms with Crippen LogP contribution in [0.5, 0.6) is 0 Å². The van der Waals surface area contributed by atoms with Gasteiger partial charge in [0.1, 0.15) is 6.26 Å². The summed E-state index contributed by atoms with van der Waals surface area (Å²) in [6, 6.07) is 1.82. The van der Waals surface area contributed by atoms with Crippen LogP contribution in [0.25, 0.3) is 11.3 Å². The van der Waals surface area contributed by atoms with E-state index in [9.17, 15) is 0 Å². The predicted molar refractivity (Wildman–Crippen MR) is 55.7 cm³/mol. The minimum Gasteiger partial charge on any atom is -0.457 e. The summed E-state index contributed by atoms with van der Waals surface area (Å²) < 4.78 is 10.9. The van der Waals surface area contributed by atoms with Crippen LogP contribution in [0.15, 0.2) is 25.9 Å². The van der Waals surface area contributed by atoms with Gasteiger partial charge in [-0.3, -0.25) is 0 Å². The first-order valence-electron chi connectivity index (χ1n) is 4.20. The Balaban J connectivity index is 2.51. The molecule has 0 aliphatic heterocycles. The molecule has 0 radical (unpaired) electrons. The predicted octanol–water partition coefficient (Wildman–Crippen LogP) is 2.84. The normalized spacial score (nSPS) is 10.7. The third kappa shape index (κ3) is 1.43. The van der Waals surface area contributed by atoms with Gasteiger partial charge in [0.15, 0.2) is 16.2 Å². The van der Waals surface area contributed by atoms with E-state index in [1.165, 1.54) is 0 Å². The molecule has 0 saturated heterocycles. The molecule has 5 heteroatoms. The Morgan fingerprint density at radius 2 is 2.36 bits per heavy atom. The quantitative estimate of drug-likeness (QED) is 0.898. The van der Waals surface area contributed by atoms with Crippen molar-refractivity contribution in [2.24, 2.45) is 0 Å². The monoisotopic (exact) mass is 256 g/mol. The van der Waals surface area contributed by atoms with Crippen molar-refractivity contribution < 1.29 is 8.94 Å².